The molecular weight excluding hydrogens is 382 g/mol. The van der Waals surface area contributed by atoms with E-state index in [4.69, 9.17) is 10.8 Å². The summed E-state index contributed by atoms with van der Waals surface area (Å²) in [5.74, 6) is 6.16. The number of anilines is 4. The lowest BCUT2D eigenvalue weighted by atomic mass is 10.0. The lowest BCUT2D eigenvalue weighted by Crippen LogP contribution is -2.55. The van der Waals surface area contributed by atoms with Crippen LogP contribution in [0.4, 0.5) is 23.1 Å². The fraction of sp³-hybridized carbons (Fsp3) is 0.429. The number of amides is 2. The van der Waals surface area contributed by atoms with E-state index in [1.807, 2.05) is 6.92 Å². The number of nitrogens with one attached hydrogen (secondary N) is 2. The van der Waals surface area contributed by atoms with Crippen molar-refractivity contribution in [3.05, 3.63) is 36.0 Å². The topological polar surface area (TPSA) is 116 Å². The van der Waals surface area contributed by atoms with Gasteiger partial charge in [0.2, 0.25) is 11.9 Å². The second kappa shape index (κ2) is 8.27. The van der Waals surface area contributed by atoms with E-state index in [1.165, 1.54) is 12.8 Å². The molecule has 1 aliphatic carbocycles. The number of nitrogens with two attached hydrogens (primary N) is 1. The first-order chi connectivity index (χ1) is 14.5. The standard InChI is InChI=1S/C21H27N7O2/c1-3-16-20(30)27(2)17-12-23-21(25-18(17)28(16)15-6-4-5-7-15)24-14-10-8-13(9-11-14)19(29)26-22/h8-12,15-16H,3-7,22H2,1-2H3,(H,26,29)(H,23,24,25)/t16-/m1/s1. The van der Waals surface area contributed by atoms with E-state index in [0.717, 1.165) is 36.5 Å². The van der Waals surface area contributed by atoms with Crippen LogP contribution in [0.3, 0.4) is 0 Å². The number of hydrogen-bond donors (Lipinski definition) is 3. The molecule has 158 valence electrons. The molecule has 30 heavy (non-hydrogen) atoms. The third kappa shape index (κ3) is 3.56. The van der Waals surface area contributed by atoms with Crippen LogP contribution in [0.15, 0.2) is 30.5 Å². The van der Waals surface area contributed by atoms with Crippen molar-refractivity contribution in [3.8, 4) is 0 Å². The van der Waals surface area contributed by atoms with Crippen molar-refractivity contribution in [2.75, 3.05) is 22.2 Å². The van der Waals surface area contributed by atoms with E-state index in [2.05, 4.69) is 20.6 Å². The van der Waals surface area contributed by atoms with Gasteiger partial charge in [-0.05, 0) is 43.5 Å². The Labute approximate surface area is 175 Å². The molecule has 9 heteroatoms. The lowest BCUT2D eigenvalue weighted by molar-refractivity contribution is -0.120. The summed E-state index contributed by atoms with van der Waals surface area (Å²) in [7, 11) is 1.79. The van der Waals surface area contributed by atoms with Gasteiger partial charge in [-0.2, -0.15) is 4.98 Å². The van der Waals surface area contributed by atoms with Gasteiger partial charge in [-0.3, -0.25) is 15.0 Å². The Morgan fingerprint density at radius 1 is 1.23 bits per heavy atom. The molecular formula is C21H27N7O2. The highest BCUT2D eigenvalue weighted by atomic mass is 16.2. The zero-order valence-corrected chi connectivity index (χ0v) is 17.3. The quantitative estimate of drug-likeness (QED) is 0.394. The maximum atomic E-state index is 12.9. The summed E-state index contributed by atoms with van der Waals surface area (Å²) in [6, 6.07) is 7.01. The number of hydrazine groups is 1. The second-order valence-corrected chi connectivity index (χ2v) is 7.75. The van der Waals surface area contributed by atoms with Gasteiger partial charge in [-0.15, -0.1) is 0 Å². The molecule has 2 aliphatic rings. The minimum absolute atomic E-state index is 0.0926. The molecule has 1 aliphatic heterocycles. The van der Waals surface area contributed by atoms with Crippen LogP contribution >= 0.6 is 0 Å². The van der Waals surface area contributed by atoms with Crippen molar-refractivity contribution in [2.24, 2.45) is 5.84 Å². The Hall–Kier alpha value is -3.20. The molecule has 0 saturated heterocycles. The molecule has 0 bridgehead atoms. The third-order valence-corrected chi connectivity index (χ3v) is 5.95. The molecule has 4 N–H and O–H groups in total. The van der Waals surface area contributed by atoms with Gasteiger partial charge >= 0.3 is 0 Å². The molecule has 0 unspecified atom stereocenters. The highest BCUT2D eigenvalue weighted by molar-refractivity contribution is 6.04. The van der Waals surface area contributed by atoms with Gasteiger partial charge in [-0.1, -0.05) is 19.8 Å². The maximum Gasteiger partial charge on any atom is 0.265 e. The molecule has 2 amide bonds. The number of rotatable bonds is 5. The fourth-order valence-electron chi connectivity index (χ4n) is 4.36. The molecule has 4 rings (SSSR count). The second-order valence-electron chi connectivity index (χ2n) is 7.75. The van der Waals surface area contributed by atoms with E-state index in [0.29, 0.717) is 17.6 Å². The van der Waals surface area contributed by atoms with E-state index >= 15 is 0 Å². The molecule has 1 atom stereocenters. The average molecular weight is 409 g/mol. The first kappa shape index (κ1) is 20.1. The number of nitrogens with zero attached hydrogens (tertiary/aromatic N) is 4. The van der Waals surface area contributed by atoms with Crippen molar-refractivity contribution >= 4 is 35.0 Å². The van der Waals surface area contributed by atoms with Gasteiger partial charge in [0.1, 0.15) is 11.7 Å². The van der Waals surface area contributed by atoms with Crippen molar-refractivity contribution in [1.29, 1.82) is 0 Å². The molecule has 2 aromatic rings. The summed E-state index contributed by atoms with van der Waals surface area (Å²) in [5, 5.41) is 3.19. The normalized spacial score (nSPS) is 19.0. The summed E-state index contributed by atoms with van der Waals surface area (Å²) in [6.45, 7) is 2.04. The Bertz CT molecular complexity index is 941. The van der Waals surface area contributed by atoms with Crippen LogP contribution < -0.4 is 26.4 Å². The minimum Gasteiger partial charge on any atom is -0.340 e. The monoisotopic (exact) mass is 409 g/mol. The first-order valence-electron chi connectivity index (χ1n) is 10.3. The number of carbonyl (C=O) groups is 2. The summed E-state index contributed by atoms with van der Waals surface area (Å²) < 4.78 is 0. The predicted octanol–water partition coefficient (Wildman–Crippen LogP) is 2.33. The summed E-state index contributed by atoms with van der Waals surface area (Å²) in [6.07, 6.45) is 6.93. The van der Waals surface area contributed by atoms with Gasteiger partial charge in [0.15, 0.2) is 5.82 Å². The molecule has 1 fully saturated rings. The van der Waals surface area contributed by atoms with E-state index < -0.39 is 0 Å². The van der Waals surface area contributed by atoms with Crippen molar-refractivity contribution in [1.82, 2.24) is 15.4 Å². The molecule has 0 radical (unpaired) electrons. The van der Waals surface area contributed by atoms with E-state index in [1.54, 1.807) is 42.4 Å². The largest absolute Gasteiger partial charge is 0.340 e. The number of fused-ring (bicyclic) bond motifs is 1. The predicted molar refractivity (Wildman–Crippen MR) is 116 cm³/mol. The van der Waals surface area contributed by atoms with Gasteiger partial charge in [0.05, 0.1) is 6.20 Å². The van der Waals surface area contributed by atoms with Crippen molar-refractivity contribution in [2.45, 2.75) is 51.1 Å². The lowest BCUT2D eigenvalue weighted by Gasteiger charge is -2.43. The molecule has 1 aromatic heterocycles. The Morgan fingerprint density at radius 3 is 2.57 bits per heavy atom. The van der Waals surface area contributed by atoms with Gasteiger partial charge in [0.25, 0.3) is 5.91 Å². The van der Waals surface area contributed by atoms with Crippen LogP contribution in [0.25, 0.3) is 0 Å². The number of aromatic nitrogens is 2. The van der Waals surface area contributed by atoms with Crippen LogP contribution in [-0.2, 0) is 4.79 Å². The SMILES string of the molecule is CC[C@@H]1C(=O)N(C)c2cnc(Nc3ccc(C(=O)NN)cc3)nc2N1C1CCCC1. The molecule has 0 spiro atoms. The highest BCUT2D eigenvalue weighted by Gasteiger charge is 2.41. The Kier molecular flexibility index (Phi) is 5.54. The average Bonchev–Trinajstić information content (AvgIpc) is 3.30. The van der Waals surface area contributed by atoms with Gasteiger partial charge in [-0.25, -0.2) is 10.8 Å². The number of hydrogen-bond acceptors (Lipinski definition) is 7. The summed E-state index contributed by atoms with van der Waals surface area (Å²) >= 11 is 0. The maximum absolute atomic E-state index is 12.9. The van der Waals surface area contributed by atoms with Crippen LogP contribution in [0.2, 0.25) is 0 Å². The summed E-state index contributed by atoms with van der Waals surface area (Å²) in [4.78, 5) is 37.6. The van der Waals surface area contributed by atoms with Gasteiger partial charge in [0, 0.05) is 24.3 Å². The zero-order chi connectivity index (χ0) is 21.3. The van der Waals surface area contributed by atoms with Crippen molar-refractivity contribution < 1.29 is 9.59 Å². The van der Waals surface area contributed by atoms with Crippen LogP contribution in [0.1, 0.15) is 49.4 Å². The van der Waals surface area contributed by atoms with Crippen LogP contribution in [-0.4, -0.2) is 40.9 Å². The minimum atomic E-state index is -0.350. The van der Waals surface area contributed by atoms with Crippen molar-refractivity contribution in [3.63, 3.8) is 0 Å². The highest BCUT2D eigenvalue weighted by Crippen LogP contribution is 2.39. The Balaban J connectivity index is 1.66. The number of likely N-dealkylation sites (N-methyl/N-ethyl adjacent to an activating group) is 1. The smallest absolute Gasteiger partial charge is 0.265 e. The van der Waals surface area contributed by atoms with E-state index in [9.17, 15) is 9.59 Å². The Morgan fingerprint density at radius 2 is 1.93 bits per heavy atom. The zero-order valence-electron chi connectivity index (χ0n) is 17.3. The molecule has 9 nitrogen and oxygen atoms in total. The number of benzene rings is 1. The molecule has 1 aromatic carbocycles. The fourth-order valence-corrected chi connectivity index (χ4v) is 4.36. The molecule has 1 saturated carbocycles. The van der Waals surface area contributed by atoms with Gasteiger partial charge < -0.3 is 15.1 Å². The van der Waals surface area contributed by atoms with Crippen LogP contribution in [0.5, 0.6) is 0 Å². The molecule has 2 heterocycles. The van der Waals surface area contributed by atoms with E-state index in [-0.39, 0.29) is 17.9 Å². The summed E-state index contributed by atoms with van der Waals surface area (Å²) in [5.41, 5.74) is 4.06. The first-order valence-corrected chi connectivity index (χ1v) is 10.3. The number of carbonyl (C=O) groups excluding carboxylic acids is 2. The third-order valence-electron chi connectivity index (χ3n) is 5.95. The number of nitrogen functional groups attached to an aromatic ring is 1. The van der Waals surface area contributed by atoms with Crippen LogP contribution in [0, 0.1) is 0 Å².